The molecule has 4 nitrogen and oxygen atoms in total. The van der Waals surface area contributed by atoms with Crippen molar-refractivity contribution in [2.45, 2.75) is 31.7 Å². The van der Waals surface area contributed by atoms with E-state index >= 15 is 0 Å². The SMILES string of the molecule is O=C1CC(C(=O)NC2CCC2)CN1. The summed E-state index contributed by atoms with van der Waals surface area (Å²) in [5.74, 6) is -0.0927. The number of rotatable bonds is 2. The molecule has 0 bridgehead atoms. The van der Waals surface area contributed by atoms with Gasteiger partial charge in [0.25, 0.3) is 0 Å². The van der Waals surface area contributed by atoms with Gasteiger partial charge < -0.3 is 10.6 Å². The first-order valence-corrected chi connectivity index (χ1v) is 4.83. The minimum absolute atomic E-state index is 0.00578. The highest BCUT2D eigenvalue weighted by atomic mass is 16.2. The first-order chi connectivity index (χ1) is 6.25. The average molecular weight is 182 g/mol. The Morgan fingerprint density at radius 3 is 2.69 bits per heavy atom. The van der Waals surface area contributed by atoms with E-state index in [1.807, 2.05) is 0 Å². The minimum atomic E-state index is -0.131. The molecule has 2 amide bonds. The summed E-state index contributed by atoms with van der Waals surface area (Å²) in [4.78, 5) is 22.3. The van der Waals surface area contributed by atoms with Crippen molar-refractivity contribution in [1.29, 1.82) is 0 Å². The lowest BCUT2D eigenvalue weighted by atomic mass is 9.92. The second kappa shape index (κ2) is 3.36. The van der Waals surface area contributed by atoms with E-state index in [0.717, 1.165) is 12.8 Å². The Kier molecular flexibility index (Phi) is 2.20. The predicted octanol–water partition coefficient (Wildman–Crippen LogP) is -0.209. The van der Waals surface area contributed by atoms with Gasteiger partial charge in [-0.2, -0.15) is 0 Å². The summed E-state index contributed by atoms with van der Waals surface area (Å²) >= 11 is 0. The van der Waals surface area contributed by atoms with Crippen LogP contribution >= 0.6 is 0 Å². The molecule has 1 aliphatic heterocycles. The lowest BCUT2D eigenvalue weighted by Crippen LogP contribution is -2.43. The second-order valence-electron chi connectivity index (χ2n) is 3.84. The highest BCUT2D eigenvalue weighted by molar-refractivity contribution is 5.89. The molecule has 0 aromatic heterocycles. The van der Waals surface area contributed by atoms with Gasteiger partial charge in [-0.15, -0.1) is 0 Å². The van der Waals surface area contributed by atoms with E-state index in [-0.39, 0.29) is 17.7 Å². The summed E-state index contributed by atoms with van der Waals surface area (Å²) in [7, 11) is 0. The van der Waals surface area contributed by atoms with Gasteiger partial charge in [0.15, 0.2) is 0 Å². The second-order valence-corrected chi connectivity index (χ2v) is 3.84. The molecule has 0 spiro atoms. The van der Waals surface area contributed by atoms with Crippen LogP contribution in [0.2, 0.25) is 0 Å². The van der Waals surface area contributed by atoms with Crippen LogP contribution in [0.3, 0.4) is 0 Å². The Morgan fingerprint density at radius 1 is 1.46 bits per heavy atom. The van der Waals surface area contributed by atoms with E-state index in [0.29, 0.717) is 19.0 Å². The van der Waals surface area contributed by atoms with Crippen LogP contribution in [0.15, 0.2) is 0 Å². The molecule has 1 atom stereocenters. The fraction of sp³-hybridized carbons (Fsp3) is 0.778. The van der Waals surface area contributed by atoms with Crippen molar-refractivity contribution >= 4 is 11.8 Å². The zero-order valence-electron chi connectivity index (χ0n) is 7.51. The van der Waals surface area contributed by atoms with E-state index in [4.69, 9.17) is 0 Å². The monoisotopic (exact) mass is 182 g/mol. The van der Waals surface area contributed by atoms with E-state index in [1.165, 1.54) is 6.42 Å². The van der Waals surface area contributed by atoms with Crippen LogP contribution in [0.5, 0.6) is 0 Å². The molecule has 72 valence electrons. The molecule has 1 saturated heterocycles. The maximum Gasteiger partial charge on any atom is 0.225 e. The van der Waals surface area contributed by atoms with Crippen molar-refractivity contribution in [1.82, 2.24) is 10.6 Å². The molecule has 0 aromatic rings. The third-order valence-corrected chi connectivity index (χ3v) is 2.80. The van der Waals surface area contributed by atoms with Crippen molar-refractivity contribution in [2.75, 3.05) is 6.54 Å². The van der Waals surface area contributed by atoms with Crippen molar-refractivity contribution < 1.29 is 9.59 Å². The third-order valence-electron chi connectivity index (χ3n) is 2.80. The molecule has 2 N–H and O–H groups in total. The van der Waals surface area contributed by atoms with Gasteiger partial charge in [-0.3, -0.25) is 9.59 Å². The van der Waals surface area contributed by atoms with Crippen LogP contribution in [-0.2, 0) is 9.59 Å². The van der Waals surface area contributed by atoms with E-state index in [2.05, 4.69) is 10.6 Å². The molecule has 2 fully saturated rings. The molecular formula is C9H14N2O2. The lowest BCUT2D eigenvalue weighted by Gasteiger charge is -2.27. The summed E-state index contributed by atoms with van der Waals surface area (Å²) in [6, 6.07) is 0.378. The largest absolute Gasteiger partial charge is 0.355 e. The van der Waals surface area contributed by atoms with Gasteiger partial charge in [0.2, 0.25) is 11.8 Å². The highest BCUT2D eigenvalue weighted by Crippen LogP contribution is 2.19. The van der Waals surface area contributed by atoms with Gasteiger partial charge in [0.05, 0.1) is 5.92 Å². The van der Waals surface area contributed by atoms with Crippen LogP contribution < -0.4 is 10.6 Å². The van der Waals surface area contributed by atoms with Gasteiger partial charge in [-0.05, 0) is 19.3 Å². The van der Waals surface area contributed by atoms with E-state index < -0.39 is 0 Å². The maximum atomic E-state index is 11.5. The topological polar surface area (TPSA) is 58.2 Å². The van der Waals surface area contributed by atoms with Crippen molar-refractivity contribution in [3.63, 3.8) is 0 Å². The summed E-state index contributed by atoms with van der Waals surface area (Å²) in [6.45, 7) is 0.511. The number of carbonyl (C=O) groups is 2. The Morgan fingerprint density at radius 2 is 2.23 bits per heavy atom. The van der Waals surface area contributed by atoms with Crippen LogP contribution in [0.1, 0.15) is 25.7 Å². The molecular weight excluding hydrogens is 168 g/mol. The molecule has 1 aliphatic carbocycles. The molecule has 1 saturated carbocycles. The average Bonchev–Trinajstić information content (AvgIpc) is 2.44. The molecule has 4 heteroatoms. The molecule has 0 aromatic carbocycles. The van der Waals surface area contributed by atoms with Crippen LogP contribution in [-0.4, -0.2) is 24.4 Å². The number of nitrogens with one attached hydrogen (secondary N) is 2. The quantitative estimate of drug-likeness (QED) is 0.621. The van der Waals surface area contributed by atoms with Gasteiger partial charge in [0.1, 0.15) is 0 Å². The summed E-state index contributed by atoms with van der Waals surface area (Å²) in [6.07, 6.45) is 3.77. The zero-order chi connectivity index (χ0) is 9.26. The third kappa shape index (κ3) is 1.82. The first kappa shape index (κ1) is 8.53. The van der Waals surface area contributed by atoms with Gasteiger partial charge in [-0.1, -0.05) is 0 Å². The molecule has 1 unspecified atom stereocenters. The molecule has 2 rings (SSSR count). The predicted molar refractivity (Wildman–Crippen MR) is 46.9 cm³/mol. The van der Waals surface area contributed by atoms with Crippen molar-refractivity contribution in [2.24, 2.45) is 5.92 Å². The number of hydrogen-bond acceptors (Lipinski definition) is 2. The fourth-order valence-electron chi connectivity index (χ4n) is 1.66. The normalized spacial score (nSPS) is 28.0. The summed E-state index contributed by atoms with van der Waals surface area (Å²) < 4.78 is 0. The standard InChI is InChI=1S/C9H14N2O2/c12-8-4-6(5-10-8)9(13)11-7-2-1-3-7/h6-7H,1-5H2,(H,10,12)(H,11,13). The van der Waals surface area contributed by atoms with E-state index in [1.54, 1.807) is 0 Å². The number of amides is 2. The van der Waals surface area contributed by atoms with Crippen LogP contribution in [0.4, 0.5) is 0 Å². The first-order valence-electron chi connectivity index (χ1n) is 4.83. The van der Waals surface area contributed by atoms with Gasteiger partial charge in [0, 0.05) is 19.0 Å². The smallest absolute Gasteiger partial charge is 0.225 e. The van der Waals surface area contributed by atoms with Crippen LogP contribution in [0, 0.1) is 5.92 Å². The summed E-state index contributed by atoms with van der Waals surface area (Å²) in [5, 5.41) is 5.61. The van der Waals surface area contributed by atoms with Gasteiger partial charge in [-0.25, -0.2) is 0 Å². The van der Waals surface area contributed by atoms with Crippen LogP contribution in [0.25, 0.3) is 0 Å². The zero-order valence-corrected chi connectivity index (χ0v) is 7.51. The highest BCUT2D eigenvalue weighted by Gasteiger charge is 2.30. The number of hydrogen-bond donors (Lipinski definition) is 2. The van der Waals surface area contributed by atoms with E-state index in [9.17, 15) is 9.59 Å². The van der Waals surface area contributed by atoms with Crippen molar-refractivity contribution in [3.05, 3.63) is 0 Å². The van der Waals surface area contributed by atoms with Gasteiger partial charge >= 0.3 is 0 Å². The molecule has 13 heavy (non-hydrogen) atoms. The Labute approximate surface area is 77.1 Å². The Balaban J connectivity index is 1.79. The fourth-order valence-corrected chi connectivity index (χ4v) is 1.66. The maximum absolute atomic E-state index is 11.5. The molecule has 1 heterocycles. The Bertz CT molecular complexity index is 236. The Hall–Kier alpha value is -1.06. The van der Waals surface area contributed by atoms with Crippen molar-refractivity contribution in [3.8, 4) is 0 Å². The minimum Gasteiger partial charge on any atom is -0.355 e. The molecule has 2 aliphatic rings. The lowest BCUT2D eigenvalue weighted by molar-refractivity contribution is -0.127. The molecule has 0 radical (unpaired) electrons. The summed E-state index contributed by atoms with van der Waals surface area (Å²) in [5.41, 5.74) is 0. The number of carbonyl (C=O) groups excluding carboxylic acids is 2.